The van der Waals surface area contributed by atoms with Crippen LogP contribution in [-0.2, 0) is 11.2 Å². The van der Waals surface area contributed by atoms with Gasteiger partial charge in [-0.15, -0.1) is 11.3 Å². The largest absolute Gasteiger partial charge is 0.368 e. The summed E-state index contributed by atoms with van der Waals surface area (Å²) >= 11 is 7.27. The molecule has 0 spiro atoms. The first-order valence-electron chi connectivity index (χ1n) is 9.00. The van der Waals surface area contributed by atoms with Crippen molar-refractivity contribution in [3.63, 3.8) is 0 Å². The topological polar surface area (TPSA) is 76.3 Å². The van der Waals surface area contributed by atoms with E-state index in [9.17, 15) is 14.0 Å². The van der Waals surface area contributed by atoms with Gasteiger partial charge in [0.1, 0.15) is 16.7 Å². The Hall–Kier alpha value is -2.77. The Morgan fingerprint density at radius 2 is 2.03 bits per heavy atom. The van der Waals surface area contributed by atoms with Crippen LogP contribution >= 0.6 is 22.9 Å². The van der Waals surface area contributed by atoms with Gasteiger partial charge >= 0.3 is 0 Å². The molecule has 4 rings (SSSR count). The van der Waals surface area contributed by atoms with Crippen molar-refractivity contribution in [1.82, 2.24) is 9.88 Å². The van der Waals surface area contributed by atoms with Gasteiger partial charge in [0.15, 0.2) is 0 Å². The number of rotatable bonds is 5. The molecule has 1 aromatic heterocycles. The highest BCUT2D eigenvalue weighted by Gasteiger charge is 2.40. The van der Waals surface area contributed by atoms with Gasteiger partial charge in [0.2, 0.25) is 5.91 Å². The average molecular weight is 430 g/mol. The number of nitrogens with zero attached hydrogens (tertiary/aromatic N) is 2. The molecular weight excluding hydrogens is 413 g/mol. The van der Waals surface area contributed by atoms with Crippen molar-refractivity contribution in [2.45, 2.75) is 24.9 Å². The summed E-state index contributed by atoms with van der Waals surface area (Å²) in [7, 11) is 0. The molecule has 2 N–H and O–H groups in total. The number of aromatic nitrogens is 1. The molecule has 3 aromatic rings. The Kier molecular flexibility index (Phi) is 5.34. The summed E-state index contributed by atoms with van der Waals surface area (Å²) in [5.41, 5.74) is 9.02. The van der Waals surface area contributed by atoms with Crippen molar-refractivity contribution in [3.05, 3.63) is 86.6 Å². The summed E-state index contributed by atoms with van der Waals surface area (Å²) in [6.45, 7) is 0. The van der Waals surface area contributed by atoms with E-state index < -0.39 is 23.8 Å². The van der Waals surface area contributed by atoms with Crippen LogP contribution in [0.25, 0.3) is 0 Å². The van der Waals surface area contributed by atoms with Gasteiger partial charge in [-0.05, 0) is 41.7 Å². The Bertz CT molecular complexity index is 1060. The molecule has 0 radical (unpaired) electrons. The fourth-order valence-electron chi connectivity index (χ4n) is 3.89. The van der Waals surface area contributed by atoms with E-state index in [0.717, 1.165) is 0 Å². The first kappa shape index (κ1) is 19.5. The third-order valence-corrected chi connectivity index (χ3v) is 6.08. The van der Waals surface area contributed by atoms with E-state index in [1.807, 2.05) is 6.07 Å². The Balaban J connectivity index is 1.87. The second-order valence-electron chi connectivity index (χ2n) is 6.80. The lowest BCUT2D eigenvalue weighted by Gasteiger charge is -2.35. The molecule has 8 heteroatoms. The van der Waals surface area contributed by atoms with E-state index in [-0.39, 0.29) is 10.9 Å². The maximum Gasteiger partial charge on any atom is 0.267 e. The summed E-state index contributed by atoms with van der Waals surface area (Å²) in [4.78, 5) is 31.8. The highest BCUT2D eigenvalue weighted by Crippen LogP contribution is 2.43. The van der Waals surface area contributed by atoms with E-state index in [4.69, 9.17) is 17.3 Å². The summed E-state index contributed by atoms with van der Waals surface area (Å²) in [6, 6.07) is 10.2. The SMILES string of the molecule is NC(=O)C(c1ccccc1)N(C(=O)c1cncs1)[C@@H]1CCc2c(F)cc(Cl)cc21. The number of fused-ring (bicyclic) bond motifs is 1. The number of hydrogen-bond donors (Lipinski definition) is 1. The Morgan fingerprint density at radius 1 is 1.28 bits per heavy atom. The number of benzene rings is 2. The first-order chi connectivity index (χ1) is 14.0. The van der Waals surface area contributed by atoms with Crippen LogP contribution in [-0.4, -0.2) is 21.7 Å². The zero-order valence-corrected chi connectivity index (χ0v) is 16.8. The number of carbonyl (C=O) groups is 2. The molecule has 5 nitrogen and oxygen atoms in total. The number of nitrogens with two attached hydrogens (primary N) is 1. The smallest absolute Gasteiger partial charge is 0.267 e. The Labute approximate surface area is 175 Å². The monoisotopic (exact) mass is 429 g/mol. The molecule has 148 valence electrons. The average Bonchev–Trinajstić information content (AvgIpc) is 3.36. The van der Waals surface area contributed by atoms with Crippen molar-refractivity contribution < 1.29 is 14.0 Å². The molecule has 0 saturated heterocycles. The molecule has 1 unspecified atom stereocenters. The predicted molar refractivity (Wildman–Crippen MR) is 109 cm³/mol. The fourth-order valence-corrected chi connectivity index (χ4v) is 4.67. The van der Waals surface area contributed by atoms with Crippen molar-refractivity contribution in [3.8, 4) is 0 Å². The minimum atomic E-state index is -1.01. The normalized spacial score (nSPS) is 16.3. The van der Waals surface area contributed by atoms with Crippen molar-refractivity contribution in [1.29, 1.82) is 0 Å². The number of amides is 2. The zero-order chi connectivity index (χ0) is 20.5. The van der Waals surface area contributed by atoms with E-state index in [1.165, 1.54) is 28.5 Å². The quantitative estimate of drug-likeness (QED) is 0.657. The summed E-state index contributed by atoms with van der Waals surface area (Å²) in [5, 5.41) is 0.244. The van der Waals surface area contributed by atoms with Gasteiger partial charge in [0.25, 0.3) is 5.91 Å². The van der Waals surface area contributed by atoms with Crippen LogP contribution in [0.1, 0.15) is 44.9 Å². The van der Waals surface area contributed by atoms with Crippen molar-refractivity contribution in [2.24, 2.45) is 5.73 Å². The minimum Gasteiger partial charge on any atom is -0.368 e. The standard InChI is InChI=1S/C21H17ClFN3O2S/c22-13-8-15-14(16(23)9-13)6-7-17(15)26(21(28)18-10-25-11-29-18)19(20(24)27)12-4-2-1-3-5-12/h1-5,8-11,17,19H,6-7H2,(H2,24,27)/t17-,19?/m1/s1. The van der Waals surface area contributed by atoms with Gasteiger partial charge in [-0.1, -0.05) is 41.9 Å². The fraction of sp³-hybridized carbons (Fsp3) is 0.190. The number of hydrogen-bond acceptors (Lipinski definition) is 4. The van der Waals surface area contributed by atoms with Gasteiger partial charge in [0, 0.05) is 5.02 Å². The van der Waals surface area contributed by atoms with E-state index >= 15 is 0 Å². The van der Waals surface area contributed by atoms with Gasteiger partial charge in [-0.3, -0.25) is 14.6 Å². The van der Waals surface area contributed by atoms with Crippen LogP contribution < -0.4 is 5.73 Å². The molecule has 2 amide bonds. The molecular formula is C21H17ClFN3O2S. The molecule has 2 aromatic carbocycles. The molecule has 0 aliphatic heterocycles. The van der Waals surface area contributed by atoms with Crippen LogP contribution in [0.15, 0.2) is 54.2 Å². The highest BCUT2D eigenvalue weighted by atomic mass is 35.5. The summed E-state index contributed by atoms with van der Waals surface area (Å²) in [5.74, 6) is -1.45. The van der Waals surface area contributed by atoms with Crippen LogP contribution in [0.3, 0.4) is 0 Å². The molecule has 2 atom stereocenters. The summed E-state index contributed by atoms with van der Waals surface area (Å²) < 4.78 is 14.5. The van der Waals surface area contributed by atoms with Crippen molar-refractivity contribution >= 4 is 34.8 Å². The number of thiazole rings is 1. The maximum atomic E-state index is 14.5. The van der Waals surface area contributed by atoms with Gasteiger partial charge in [-0.25, -0.2) is 4.39 Å². The third kappa shape index (κ3) is 3.63. The molecule has 0 bridgehead atoms. The van der Waals surface area contributed by atoms with E-state index in [2.05, 4.69) is 4.98 Å². The molecule has 1 heterocycles. The molecule has 0 fully saturated rings. The first-order valence-corrected chi connectivity index (χ1v) is 10.3. The molecule has 0 saturated carbocycles. The van der Waals surface area contributed by atoms with Gasteiger partial charge in [0.05, 0.1) is 17.7 Å². The second-order valence-corrected chi connectivity index (χ2v) is 8.13. The van der Waals surface area contributed by atoms with Crippen LogP contribution in [0.4, 0.5) is 4.39 Å². The lowest BCUT2D eigenvalue weighted by atomic mass is 9.99. The maximum absolute atomic E-state index is 14.5. The molecule has 1 aliphatic rings. The van der Waals surface area contributed by atoms with Crippen LogP contribution in [0.5, 0.6) is 0 Å². The number of halogens is 2. The molecule has 1 aliphatic carbocycles. The lowest BCUT2D eigenvalue weighted by molar-refractivity contribution is -0.123. The molecule has 29 heavy (non-hydrogen) atoms. The number of carbonyl (C=O) groups excluding carboxylic acids is 2. The van der Waals surface area contributed by atoms with Gasteiger partial charge < -0.3 is 10.6 Å². The predicted octanol–water partition coefficient (Wildman–Crippen LogP) is 4.29. The third-order valence-electron chi connectivity index (χ3n) is 5.10. The minimum absolute atomic E-state index is 0.244. The Morgan fingerprint density at radius 3 is 2.69 bits per heavy atom. The summed E-state index contributed by atoms with van der Waals surface area (Å²) in [6.07, 6.45) is 2.36. The van der Waals surface area contributed by atoms with Crippen LogP contribution in [0.2, 0.25) is 5.02 Å². The second kappa shape index (κ2) is 7.93. The van der Waals surface area contributed by atoms with Gasteiger partial charge in [-0.2, -0.15) is 0 Å². The zero-order valence-electron chi connectivity index (χ0n) is 15.2. The van der Waals surface area contributed by atoms with Crippen molar-refractivity contribution in [2.75, 3.05) is 0 Å². The van der Waals surface area contributed by atoms with E-state index in [1.54, 1.807) is 35.8 Å². The highest BCUT2D eigenvalue weighted by molar-refractivity contribution is 7.11. The number of primary amides is 1. The van der Waals surface area contributed by atoms with Crippen LogP contribution in [0, 0.1) is 5.82 Å². The van der Waals surface area contributed by atoms with E-state index in [0.29, 0.717) is 34.4 Å². The lowest BCUT2D eigenvalue weighted by Crippen LogP contribution is -2.43.